The Morgan fingerprint density at radius 2 is 1.78 bits per heavy atom. The van der Waals surface area contributed by atoms with Crippen molar-refractivity contribution in [3.8, 4) is 5.69 Å². The van der Waals surface area contributed by atoms with Crippen LogP contribution in [0.4, 0.5) is 0 Å². The van der Waals surface area contributed by atoms with Gasteiger partial charge in [0.2, 0.25) is 9.84 Å². The summed E-state index contributed by atoms with van der Waals surface area (Å²) >= 11 is 5.97. The highest BCUT2D eigenvalue weighted by Crippen LogP contribution is 2.24. The topological polar surface area (TPSA) is 90.9 Å². The highest BCUT2D eigenvalue weighted by atomic mass is 35.5. The van der Waals surface area contributed by atoms with Crippen molar-refractivity contribution in [3.05, 3.63) is 83.7 Å². The van der Waals surface area contributed by atoms with Crippen LogP contribution in [0.25, 0.3) is 5.69 Å². The lowest BCUT2D eigenvalue weighted by molar-refractivity contribution is 0.583. The summed E-state index contributed by atoms with van der Waals surface area (Å²) < 4.78 is 26.7. The van der Waals surface area contributed by atoms with Gasteiger partial charge in [0, 0.05) is 10.7 Å². The molecule has 140 valence electrons. The lowest BCUT2D eigenvalue weighted by atomic mass is 10.1. The molecule has 0 aliphatic carbocycles. The standard InChI is InChI=1S/C19H19ClN4O2S/c1-2-12-27(25,26)19-23-22-18(17(21)13-14-6-4-3-5-7-14)24(19)16-10-8-15(20)9-11-16/h2-11,17H,1,12-13,21H2/t17-/m0/s1. The predicted molar refractivity (Wildman–Crippen MR) is 106 cm³/mol. The Hall–Kier alpha value is -2.48. The van der Waals surface area contributed by atoms with Gasteiger partial charge in [0.1, 0.15) is 0 Å². The van der Waals surface area contributed by atoms with E-state index in [1.54, 1.807) is 24.3 Å². The second kappa shape index (κ2) is 8.04. The number of nitrogens with zero attached hydrogens (tertiary/aromatic N) is 3. The molecule has 1 heterocycles. The average Bonchev–Trinajstić information content (AvgIpc) is 3.09. The lowest BCUT2D eigenvalue weighted by Crippen LogP contribution is -2.20. The average molecular weight is 403 g/mol. The Balaban J connectivity index is 2.09. The molecule has 2 N–H and O–H groups in total. The quantitative estimate of drug-likeness (QED) is 0.613. The first-order valence-electron chi connectivity index (χ1n) is 8.27. The Bertz CT molecular complexity index is 1030. The molecule has 0 spiro atoms. The summed E-state index contributed by atoms with van der Waals surface area (Å²) in [4.78, 5) is 0. The molecule has 0 saturated carbocycles. The first-order valence-corrected chi connectivity index (χ1v) is 10.3. The molecular formula is C19H19ClN4O2S. The third-order valence-corrected chi connectivity index (χ3v) is 5.74. The molecule has 2 aromatic carbocycles. The minimum Gasteiger partial charge on any atom is -0.321 e. The number of hydrogen-bond donors (Lipinski definition) is 1. The number of aromatic nitrogens is 3. The van der Waals surface area contributed by atoms with Gasteiger partial charge in [-0.05, 0) is 36.2 Å². The fraction of sp³-hybridized carbons (Fsp3) is 0.158. The minimum atomic E-state index is -3.70. The molecule has 1 atom stereocenters. The summed E-state index contributed by atoms with van der Waals surface area (Å²) in [5, 5.41) is 8.41. The van der Waals surface area contributed by atoms with Gasteiger partial charge in [-0.2, -0.15) is 0 Å². The smallest absolute Gasteiger partial charge is 0.254 e. The van der Waals surface area contributed by atoms with Crippen LogP contribution in [0.5, 0.6) is 0 Å². The molecule has 3 rings (SSSR count). The van der Waals surface area contributed by atoms with E-state index in [0.717, 1.165) is 5.56 Å². The largest absolute Gasteiger partial charge is 0.321 e. The van der Waals surface area contributed by atoms with E-state index in [-0.39, 0.29) is 10.9 Å². The van der Waals surface area contributed by atoms with Crippen LogP contribution >= 0.6 is 11.6 Å². The van der Waals surface area contributed by atoms with Gasteiger partial charge in [0.15, 0.2) is 5.82 Å². The molecule has 3 aromatic rings. The molecule has 0 amide bonds. The van der Waals surface area contributed by atoms with Crippen LogP contribution in [0.2, 0.25) is 5.02 Å². The second-order valence-corrected chi connectivity index (χ2v) is 8.38. The number of benzene rings is 2. The highest BCUT2D eigenvalue weighted by Gasteiger charge is 2.27. The van der Waals surface area contributed by atoms with E-state index < -0.39 is 15.9 Å². The number of sulfone groups is 1. The normalized spacial score (nSPS) is 12.7. The zero-order valence-electron chi connectivity index (χ0n) is 14.5. The molecule has 27 heavy (non-hydrogen) atoms. The van der Waals surface area contributed by atoms with Crippen molar-refractivity contribution in [2.24, 2.45) is 5.73 Å². The molecule has 1 aromatic heterocycles. The van der Waals surface area contributed by atoms with E-state index in [1.807, 2.05) is 30.3 Å². The van der Waals surface area contributed by atoms with Crippen LogP contribution in [0, 0.1) is 0 Å². The first-order chi connectivity index (χ1) is 12.9. The van der Waals surface area contributed by atoms with E-state index in [2.05, 4.69) is 16.8 Å². The molecule has 0 bridgehead atoms. The van der Waals surface area contributed by atoms with Crippen LogP contribution in [0.3, 0.4) is 0 Å². The molecule has 0 unspecified atom stereocenters. The van der Waals surface area contributed by atoms with Crippen LogP contribution in [-0.4, -0.2) is 28.9 Å². The van der Waals surface area contributed by atoms with Gasteiger partial charge >= 0.3 is 0 Å². The van der Waals surface area contributed by atoms with Gasteiger partial charge in [-0.25, -0.2) is 8.42 Å². The van der Waals surface area contributed by atoms with Gasteiger partial charge in [-0.3, -0.25) is 4.57 Å². The van der Waals surface area contributed by atoms with Gasteiger partial charge < -0.3 is 5.73 Å². The third kappa shape index (κ3) is 4.27. The van der Waals surface area contributed by atoms with Gasteiger partial charge in [0.05, 0.1) is 11.8 Å². The minimum absolute atomic E-state index is 0.164. The van der Waals surface area contributed by atoms with E-state index in [4.69, 9.17) is 17.3 Å². The van der Waals surface area contributed by atoms with Crippen LogP contribution in [0.15, 0.2) is 72.4 Å². The Labute approximate surface area is 163 Å². The SMILES string of the molecule is C=CCS(=O)(=O)c1nnc([C@@H](N)Cc2ccccc2)n1-c1ccc(Cl)cc1. The summed E-state index contributed by atoms with van der Waals surface area (Å²) in [6.07, 6.45) is 1.81. The molecule has 0 aliphatic heterocycles. The molecule has 0 saturated heterocycles. The van der Waals surface area contributed by atoms with Crippen molar-refractivity contribution in [1.29, 1.82) is 0 Å². The molecule has 0 radical (unpaired) electrons. The lowest BCUT2D eigenvalue weighted by Gasteiger charge is -2.15. The maximum Gasteiger partial charge on any atom is 0.254 e. The molecular weight excluding hydrogens is 384 g/mol. The van der Waals surface area contributed by atoms with Crippen LogP contribution in [-0.2, 0) is 16.3 Å². The number of halogens is 1. The van der Waals surface area contributed by atoms with Crippen molar-refractivity contribution in [2.75, 3.05) is 5.75 Å². The summed E-state index contributed by atoms with van der Waals surface area (Å²) in [5.41, 5.74) is 7.96. The van der Waals surface area contributed by atoms with Crippen LogP contribution < -0.4 is 5.73 Å². The van der Waals surface area contributed by atoms with E-state index in [1.165, 1.54) is 10.6 Å². The van der Waals surface area contributed by atoms with E-state index in [9.17, 15) is 8.42 Å². The zero-order chi connectivity index (χ0) is 19.4. The van der Waals surface area contributed by atoms with Crippen molar-refractivity contribution >= 4 is 21.4 Å². The van der Waals surface area contributed by atoms with Crippen LogP contribution in [0.1, 0.15) is 17.4 Å². The molecule has 8 heteroatoms. The molecule has 0 aliphatic rings. The Morgan fingerprint density at radius 1 is 1.11 bits per heavy atom. The van der Waals surface area contributed by atoms with Gasteiger partial charge in [0.25, 0.3) is 5.16 Å². The third-order valence-electron chi connectivity index (χ3n) is 3.99. The van der Waals surface area contributed by atoms with Gasteiger partial charge in [-0.1, -0.05) is 48.0 Å². The maximum absolute atomic E-state index is 12.6. The Kier molecular flexibility index (Phi) is 5.74. The number of hydrogen-bond acceptors (Lipinski definition) is 5. The summed E-state index contributed by atoms with van der Waals surface area (Å²) in [7, 11) is -3.70. The fourth-order valence-corrected chi connectivity index (χ4v) is 3.97. The van der Waals surface area contributed by atoms with E-state index >= 15 is 0 Å². The van der Waals surface area contributed by atoms with Crippen molar-refractivity contribution < 1.29 is 8.42 Å². The monoisotopic (exact) mass is 402 g/mol. The first kappa shape index (κ1) is 19.3. The maximum atomic E-state index is 12.6. The van der Waals surface area contributed by atoms with Gasteiger partial charge in [-0.15, -0.1) is 16.8 Å². The van der Waals surface area contributed by atoms with Crippen molar-refractivity contribution in [3.63, 3.8) is 0 Å². The summed E-state index contributed by atoms with van der Waals surface area (Å²) in [6, 6.07) is 15.9. The van der Waals surface area contributed by atoms with E-state index in [0.29, 0.717) is 23.0 Å². The van der Waals surface area contributed by atoms with Crippen molar-refractivity contribution in [1.82, 2.24) is 14.8 Å². The van der Waals surface area contributed by atoms with Crippen molar-refractivity contribution in [2.45, 2.75) is 17.6 Å². The second-order valence-electron chi connectivity index (χ2n) is 6.02. The highest BCUT2D eigenvalue weighted by molar-refractivity contribution is 7.91. The predicted octanol–water partition coefficient (Wildman–Crippen LogP) is 3.12. The molecule has 6 nitrogen and oxygen atoms in total. The number of nitrogens with two attached hydrogens (primary N) is 1. The summed E-state index contributed by atoms with van der Waals surface area (Å²) in [6.45, 7) is 3.50. The summed E-state index contributed by atoms with van der Waals surface area (Å²) in [5.74, 6) is 0.121. The Morgan fingerprint density at radius 3 is 2.41 bits per heavy atom. The fourth-order valence-electron chi connectivity index (χ4n) is 2.74. The number of rotatable bonds is 7. The zero-order valence-corrected chi connectivity index (χ0v) is 16.1. The molecule has 0 fully saturated rings.